The van der Waals surface area contributed by atoms with Crippen LogP contribution in [0.3, 0.4) is 0 Å². The van der Waals surface area contributed by atoms with E-state index in [0.29, 0.717) is 6.54 Å². The van der Waals surface area contributed by atoms with Gasteiger partial charge in [0, 0.05) is 18.2 Å². The molecule has 0 saturated heterocycles. The van der Waals surface area contributed by atoms with Crippen molar-refractivity contribution in [3.05, 3.63) is 76.2 Å². The fourth-order valence-corrected chi connectivity index (χ4v) is 6.04. The highest BCUT2D eigenvalue weighted by Crippen LogP contribution is 2.33. The minimum atomic E-state index is -0.0129. The summed E-state index contributed by atoms with van der Waals surface area (Å²) in [5.41, 5.74) is 6.53. The number of nitrogens with zero attached hydrogens (tertiary/aromatic N) is 2. The SMILES string of the molecule is CCCCCCCCCCCCCCOc1cc(CN(C(C)=O)c2ccc(C[n+]3ccsc3)cc2)ccc1C(C)(C)C. The molecule has 230 valence electrons. The Morgan fingerprint density at radius 1 is 0.833 bits per heavy atom. The summed E-state index contributed by atoms with van der Waals surface area (Å²) in [6.07, 6.45) is 18.1. The average molecular weight is 592 g/mol. The monoisotopic (exact) mass is 591 g/mol. The molecule has 4 nitrogen and oxygen atoms in total. The molecule has 1 aromatic heterocycles. The van der Waals surface area contributed by atoms with Crippen molar-refractivity contribution in [3.63, 3.8) is 0 Å². The third kappa shape index (κ3) is 11.9. The highest BCUT2D eigenvalue weighted by Gasteiger charge is 2.21. The first-order valence-electron chi connectivity index (χ1n) is 16.3. The van der Waals surface area contributed by atoms with Crippen LogP contribution < -0.4 is 14.2 Å². The second-order valence-corrected chi connectivity index (χ2v) is 13.5. The average Bonchev–Trinajstić information content (AvgIpc) is 3.47. The molecule has 0 saturated carbocycles. The number of amides is 1. The Morgan fingerprint density at radius 2 is 1.43 bits per heavy atom. The lowest BCUT2D eigenvalue weighted by atomic mass is 9.85. The Labute approximate surface area is 260 Å². The molecular formula is C37H55N2O2S+. The Balaban J connectivity index is 1.51. The Bertz CT molecular complexity index is 1170. The zero-order chi connectivity index (χ0) is 30.2. The molecule has 0 unspecified atom stereocenters. The summed E-state index contributed by atoms with van der Waals surface area (Å²) in [4.78, 5) is 14.6. The number of anilines is 1. The van der Waals surface area contributed by atoms with E-state index in [-0.39, 0.29) is 11.3 Å². The van der Waals surface area contributed by atoms with Gasteiger partial charge in [0.2, 0.25) is 11.4 Å². The lowest BCUT2D eigenvalue weighted by molar-refractivity contribution is -0.683. The van der Waals surface area contributed by atoms with Crippen molar-refractivity contribution in [2.24, 2.45) is 0 Å². The van der Waals surface area contributed by atoms with E-state index in [2.05, 4.69) is 91.8 Å². The van der Waals surface area contributed by atoms with Crippen LogP contribution >= 0.6 is 11.3 Å². The van der Waals surface area contributed by atoms with Crippen LogP contribution in [0.25, 0.3) is 0 Å². The summed E-state index contributed by atoms with van der Waals surface area (Å²) in [5, 5.41) is 2.08. The minimum absolute atomic E-state index is 0.0129. The van der Waals surface area contributed by atoms with Crippen molar-refractivity contribution in [2.75, 3.05) is 11.5 Å². The third-order valence-electron chi connectivity index (χ3n) is 7.97. The Kier molecular flexibility index (Phi) is 14.6. The van der Waals surface area contributed by atoms with Crippen LogP contribution in [0, 0.1) is 0 Å². The van der Waals surface area contributed by atoms with Crippen LogP contribution in [0.2, 0.25) is 0 Å². The van der Waals surface area contributed by atoms with Crippen molar-refractivity contribution in [1.82, 2.24) is 0 Å². The van der Waals surface area contributed by atoms with E-state index in [9.17, 15) is 4.79 Å². The number of unbranched alkanes of at least 4 members (excludes halogenated alkanes) is 11. The fourth-order valence-electron chi connectivity index (χ4n) is 5.44. The van der Waals surface area contributed by atoms with E-state index in [4.69, 9.17) is 4.74 Å². The van der Waals surface area contributed by atoms with Crippen LogP contribution in [0.15, 0.2) is 59.6 Å². The van der Waals surface area contributed by atoms with Crippen molar-refractivity contribution in [1.29, 1.82) is 0 Å². The number of carbonyl (C=O) groups excluding carboxylic acids is 1. The maximum Gasteiger partial charge on any atom is 0.224 e. The zero-order valence-electron chi connectivity index (χ0n) is 27.0. The molecule has 42 heavy (non-hydrogen) atoms. The topological polar surface area (TPSA) is 33.4 Å². The van der Waals surface area contributed by atoms with Crippen LogP contribution in [-0.4, -0.2) is 12.5 Å². The van der Waals surface area contributed by atoms with Gasteiger partial charge in [-0.1, -0.05) is 134 Å². The van der Waals surface area contributed by atoms with Gasteiger partial charge < -0.3 is 9.64 Å². The molecule has 0 aliphatic heterocycles. The predicted molar refractivity (Wildman–Crippen MR) is 179 cm³/mol. The summed E-state index contributed by atoms with van der Waals surface area (Å²) >= 11 is 1.69. The molecule has 3 rings (SSSR count). The van der Waals surface area contributed by atoms with Gasteiger partial charge in [-0.3, -0.25) is 4.79 Å². The molecule has 0 N–H and O–H groups in total. The van der Waals surface area contributed by atoms with Gasteiger partial charge in [0.1, 0.15) is 5.75 Å². The highest BCUT2D eigenvalue weighted by molar-refractivity contribution is 7.07. The summed E-state index contributed by atoms with van der Waals surface area (Å²) < 4.78 is 8.57. The molecule has 0 aliphatic carbocycles. The lowest BCUT2D eigenvalue weighted by Crippen LogP contribution is -2.30. The highest BCUT2D eigenvalue weighted by atomic mass is 32.1. The van der Waals surface area contributed by atoms with Crippen molar-refractivity contribution in [2.45, 2.75) is 130 Å². The molecule has 0 aliphatic rings. The molecular weight excluding hydrogens is 536 g/mol. The number of thiazole rings is 1. The molecule has 0 atom stereocenters. The minimum Gasteiger partial charge on any atom is -0.493 e. The van der Waals surface area contributed by atoms with E-state index in [0.717, 1.165) is 36.6 Å². The van der Waals surface area contributed by atoms with E-state index >= 15 is 0 Å². The van der Waals surface area contributed by atoms with Crippen LogP contribution in [0.1, 0.15) is 128 Å². The number of hydrogen-bond donors (Lipinski definition) is 0. The number of ether oxygens (including phenoxy) is 1. The number of aromatic nitrogens is 1. The van der Waals surface area contributed by atoms with Gasteiger partial charge >= 0.3 is 0 Å². The molecule has 0 fully saturated rings. The third-order valence-corrected chi connectivity index (χ3v) is 8.64. The summed E-state index contributed by atoms with van der Waals surface area (Å²) in [6.45, 7) is 12.7. The van der Waals surface area contributed by atoms with E-state index < -0.39 is 0 Å². The molecule has 0 radical (unpaired) electrons. The van der Waals surface area contributed by atoms with Gasteiger partial charge in [-0.25, -0.2) is 0 Å². The molecule has 5 heteroatoms. The normalized spacial score (nSPS) is 11.5. The van der Waals surface area contributed by atoms with E-state index in [1.54, 1.807) is 18.3 Å². The number of hydrogen-bond acceptors (Lipinski definition) is 3. The van der Waals surface area contributed by atoms with Gasteiger partial charge in [0.25, 0.3) is 0 Å². The molecule has 1 amide bonds. The van der Waals surface area contributed by atoms with E-state index in [1.165, 1.54) is 81.8 Å². The number of rotatable bonds is 19. The predicted octanol–water partition coefficient (Wildman–Crippen LogP) is 10.0. The summed E-state index contributed by atoms with van der Waals surface area (Å²) in [7, 11) is 0. The largest absolute Gasteiger partial charge is 0.493 e. The zero-order valence-corrected chi connectivity index (χ0v) is 27.8. The number of carbonyl (C=O) groups is 1. The molecule has 1 heterocycles. The fraction of sp³-hybridized carbons (Fsp3) is 0.568. The standard InChI is InChI=1S/C37H55N2O2S/c1-6-7-8-9-10-11-12-13-14-15-16-17-25-41-36-27-33(20-23-35(36)37(3,4)5)29-39(31(2)40)34-21-18-32(19-22-34)28-38-24-26-42-30-38/h18-24,26-27,30H,6-17,25,28-29H2,1-5H3/q+1. The van der Waals surface area contributed by atoms with E-state index in [1.807, 2.05) is 4.90 Å². The summed E-state index contributed by atoms with van der Waals surface area (Å²) in [6, 6.07) is 14.8. The molecule has 3 aromatic rings. The van der Waals surface area contributed by atoms with Crippen LogP contribution in [0.4, 0.5) is 5.69 Å². The second kappa shape index (κ2) is 18.1. The second-order valence-electron chi connectivity index (χ2n) is 12.8. The van der Waals surface area contributed by atoms with Crippen molar-refractivity contribution < 1.29 is 14.1 Å². The molecule has 2 aromatic carbocycles. The first-order chi connectivity index (χ1) is 20.3. The lowest BCUT2D eigenvalue weighted by Gasteiger charge is -2.25. The van der Waals surface area contributed by atoms with Gasteiger partial charge in [-0.05, 0) is 41.2 Å². The maximum atomic E-state index is 12.7. The van der Waals surface area contributed by atoms with Crippen LogP contribution in [-0.2, 0) is 23.3 Å². The van der Waals surface area contributed by atoms with Crippen molar-refractivity contribution >= 4 is 22.9 Å². The Morgan fingerprint density at radius 3 is 1.98 bits per heavy atom. The van der Waals surface area contributed by atoms with Gasteiger partial charge in [-0.15, -0.1) is 0 Å². The summed E-state index contributed by atoms with van der Waals surface area (Å²) in [5.74, 6) is 0.989. The van der Waals surface area contributed by atoms with Gasteiger partial charge in [0.15, 0.2) is 12.7 Å². The van der Waals surface area contributed by atoms with Gasteiger partial charge in [0.05, 0.1) is 18.5 Å². The Hall–Kier alpha value is -2.66. The van der Waals surface area contributed by atoms with Gasteiger partial charge in [-0.2, -0.15) is 4.57 Å². The van der Waals surface area contributed by atoms with Crippen LogP contribution in [0.5, 0.6) is 5.75 Å². The quantitative estimate of drug-likeness (QED) is 0.103. The molecule has 0 bridgehead atoms. The number of benzene rings is 2. The molecule has 0 spiro atoms. The smallest absolute Gasteiger partial charge is 0.224 e. The van der Waals surface area contributed by atoms with Crippen molar-refractivity contribution in [3.8, 4) is 5.75 Å². The first kappa shape index (κ1) is 33.8. The maximum absolute atomic E-state index is 12.7. The first-order valence-corrected chi connectivity index (χ1v) is 17.3.